The molecule has 0 radical (unpaired) electrons. The van der Waals surface area contributed by atoms with Crippen LogP contribution < -0.4 is 0 Å². The number of aromatic nitrogens is 2. The van der Waals surface area contributed by atoms with Crippen molar-refractivity contribution in [1.82, 2.24) is 9.13 Å². The normalized spacial score (nSPS) is 10.9. The van der Waals surface area contributed by atoms with Gasteiger partial charge in [-0.15, -0.1) is 0 Å². The van der Waals surface area contributed by atoms with Crippen LogP contribution in [0.5, 0.6) is 0 Å². The van der Waals surface area contributed by atoms with E-state index in [2.05, 4.69) is 54.6 Å². The number of nitrogens with zero attached hydrogens (tertiary/aromatic N) is 11. The number of hydrogen-bond acceptors (Lipinski definition) is 9. The molecule has 0 spiro atoms. The molecule has 11 nitrogen and oxygen atoms in total. The van der Waals surface area contributed by atoms with Gasteiger partial charge in [-0.1, -0.05) is 60.7 Å². The molecule has 0 aliphatic heterocycles. The van der Waals surface area contributed by atoms with Gasteiger partial charge in [0.2, 0.25) is 0 Å². The first-order valence-corrected chi connectivity index (χ1v) is 25.5. The first kappa shape index (κ1) is 51.7. The molecule has 10 aromatic carbocycles. The Bertz CT molecular complexity index is 4640. The van der Waals surface area contributed by atoms with Crippen molar-refractivity contribution in [3.63, 3.8) is 0 Å². The van der Waals surface area contributed by atoms with Crippen molar-refractivity contribution in [3.8, 4) is 122 Å². The third-order valence-electron chi connectivity index (χ3n) is 14.8. The van der Waals surface area contributed by atoms with Crippen molar-refractivity contribution in [2.24, 2.45) is 0 Å². The van der Waals surface area contributed by atoms with Gasteiger partial charge in [0, 0.05) is 27.1 Å². The van der Waals surface area contributed by atoms with Gasteiger partial charge in [-0.05, 0) is 171 Å². The summed E-state index contributed by atoms with van der Waals surface area (Å²) in [5.74, 6) is 0. The fourth-order valence-electron chi connectivity index (χ4n) is 11.1. The second-order valence-electron chi connectivity index (χ2n) is 19.8. The van der Waals surface area contributed by atoms with Gasteiger partial charge in [-0.3, -0.25) is 0 Å². The molecule has 0 unspecified atom stereocenters. The molecular weight excluding hydrogens is 1050 g/mol. The van der Waals surface area contributed by atoms with Crippen molar-refractivity contribution in [2.45, 2.75) is 6.18 Å². The van der Waals surface area contributed by atoms with Crippen LogP contribution >= 0.6 is 0 Å². The zero-order chi connectivity index (χ0) is 58.6. The van der Waals surface area contributed by atoms with Gasteiger partial charge in [0.1, 0.15) is 0 Å². The van der Waals surface area contributed by atoms with E-state index < -0.39 is 11.7 Å². The SMILES string of the molecule is N#Cc1cc(C#N)cc(-c2ccc3c4ccc(-c5cc(C#N)cc(C#N)c5)cc4n(-c4cc(C(F)(F)F)cc(-n5c6cc(-c7cc(C#N)cc(C#N)c7)ccc6c6ccc(-c7cc(C#N)cc(C#N)c7)cc65)c4-c4cccc(C#N)c4)c3c2)c1. The lowest BCUT2D eigenvalue weighted by molar-refractivity contribution is -0.137. The Morgan fingerprint density at radius 3 is 0.774 bits per heavy atom. The molecule has 14 heteroatoms. The standard InChI is InChI=1S/C70H30F3N11/c71-70(72,73)58-29-67(83-63-25-49(54-17-41(32-75)12-42(18-54)33-76)4-8-59(63)60-9-5-50(26-64(60)83)55-19-43(34-77)13-44(20-55)35-78)69(53-3-1-2-40(16-53)31-74)68(30-58)84-65-27-51(56-21-45(36-79)14-46(22-56)37-80)6-10-61(65)62-11-7-52(28-66(62)84)57-23-47(38-81)15-48(24-57)39-82/h1-30H. The molecular formula is C70H30F3N11. The second-order valence-corrected chi connectivity index (χ2v) is 19.8. The van der Waals surface area contributed by atoms with E-state index in [0.717, 1.165) is 12.1 Å². The Morgan fingerprint density at radius 1 is 0.262 bits per heavy atom. The average Bonchev–Trinajstić information content (AvgIpc) is 1.94. The van der Waals surface area contributed by atoms with E-state index in [1.165, 1.54) is 24.3 Å². The summed E-state index contributed by atoms with van der Waals surface area (Å²) in [7, 11) is 0. The Balaban J connectivity index is 1.29. The lowest BCUT2D eigenvalue weighted by Crippen LogP contribution is -2.11. The van der Waals surface area contributed by atoms with Crippen LogP contribution in [0.2, 0.25) is 0 Å². The Labute approximate surface area is 476 Å². The molecule has 0 aliphatic carbocycles. The van der Waals surface area contributed by atoms with E-state index in [-0.39, 0.29) is 67.0 Å². The summed E-state index contributed by atoms with van der Waals surface area (Å²) in [5, 5.41) is 93.3. The van der Waals surface area contributed by atoms with Crippen molar-refractivity contribution < 1.29 is 13.2 Å². The van der Waals surface area contributed by atoms with Crippen molar-refractivity contribution in [1.29, 1.82) is 47.4 Å². The van der Waals surface area contributed by atoms with Crippen LogP contribution in [-0.4, -0.2) is 9.13 Å². The van der Waals surface area contributed by atoms with Crippen LogP contribution in [0.15, 0.2) is 182 Å². The van der Waals surface area contributed by atoms with Crippen molar-refractivity contribution in [3.05, 3.63) is 238 Å². The zero-order valence-corrected chi connectivity index (χ0v) is 43.4. The molecule has 0 saturated heterocycles. The molecule has 0 N–H and O–H groups in total. The van der Waals surface area contributed by atoms with Crippen LogP contribution in [0.4, 0.5) is 13.2 Å². The maximum atomic E-state index is 16.4. The average molecular weight is 1080 g/mol. The largest absolute Gasteiger partial charge is 0.416 e. The fraction of sp³-hybridized carbons (Fsp3) is 0.0143. The summed E-state index contributed by atoms with van der Waals surface area (Å²) in [4.78, 5) is 0. The smallest absolute Gasteiger partial charge is 0.308 e. The van der Waals surface area contributed by atoms with Gasteiger partial charge in [-0.2, -0.15) is 60.5 Å². The molecule has 0 aliphatic rings. The van der Waals surface area contributed by atoms with Gasteiger partial charge in [0.05, 0.1) is 144 Å². The third-order valence-corrected chi connectivity index (χ3v) is 14.8. The summed E-state index contributed by atoms with van der Waals surface area (Å²) in [6, 6.07) is 68.0. The summed E-state index contributed by atoms with van der Waals surface area (Å²) < 4.78 is 52.6. The predicted molar refractivity (Wildman–Crippen MR) is 310 cm³/mol. The van der Waals surface area contributed by atoms with Gasteiger partial charge in [-0.25, -0.2) is 0 Å². The number of fused-ring (bicyclic) bond motifs is 6. The molecule has 386 valence electrons. The summed E-state index contributed by atoms with van der Waals surface area (Å²) >= 11 is 0. The molecule has 0 fully saturated rings. The molecule has 2 heterocycles. The van der Waals surface area contributed by atoms with Crippen molar-refractivity contribution in [2.75, 3.05) is 0 Å². The van der Waals surface area contributed by atoms with Crippen LogP contribution in [-0.2, 0) is 6.18 Å². The molecule has 0 atom stereocenters. The van der Waals surface area contributed by atoms with Gasteiger partial charge in [0.25, 0.3) is 0 Å². The summed E-state index contributed by atoms with van der Waals surface area (Å²) in [6.07, 6.45) is -5.02. The Hall–Kier alpha value is -13.0. The summed E-state index contributed by atoms with van der Waals surface area (Å²) in [6.45, 7) is 0. The van der Waals surface area contributed by atoms with Crippen LogP contribution in [0.1, 0.15) is 55.6 Å². The molecule has 12 rings (SSSR count). The zero-order valence-electron chi connectivity index (χ0n) is 43.4. The van der Waals surface area contributed by atoms with Crippen LogP contribution in [0, 0.1) is 102 Å². The highest BCUT2D eigenvalue weighted by Crippen LogP contribution is 2.47. The van der Waals surface area contributed by atoms with E-state index in [0.29, 0.717) is 93.7 Å². The predicted octanol–water partition coefficient (Wildman–Crippen LogP) is 16.1. The minimum Gasteiger partial charge on any atom is -0.308 e. The topological polar surface area (TPSA) is 224 Å². The van der Waals surface area contributed by atoms with Gasteiger partial charge < -0.3 is 9.13 Å². The maximum Gasteiger partial charge on any atom is 0.416 e. The highest BCUT2D eigenvalue weighted by Gasteiger charge is 2.35. The first-order valence-electron chi connectivity index (χ1n) is 25.5. The molecule has 2 aromatic heterocycles. The van der Waals surface area contributed by atoms with Crippen LogP contribution in [0.3, 0.4) is 0 Å². The first-order chi connectivity index (χ1) is 40.8. The fourth-order valence-corrected chi connectivity index (χ4v) is 11.1. The van der Waals surface area contributed by atoms with Gasteiger partial charge >= 0.3 is 6.18 Å². The van der Waals surface area contributed by atoms with E-state index in [4.69, 9.17) is 0 Å². The third kappa shape index (κ3) is 8.93. The number of benzene rings is 10. The Morgan fingerprint density at radius 2 is 0.524 bits per heavy atom. The maximum absolute atomic E-state index is 16.4. The van der Waals surface area contributed by atoms with E-state index in [9.17, 15) is 47.4 Å². The number of halogens is 3. The van der Waals surface area contributed by atoms with E-state index in [1.54, 1.807) is 130 Å². The van der Waals surface area contributed by atoms with Crippen molar-refractivity contribution >= 4 is 43.6 Å². The molecule has 0 amide bonds. The lowest BCUT2D eigenvalue weighted by Gasteiger charge is -2.23. The lowest BCUT2D eigenvalue weighted by atomic mass is 9.96. The molecule has 0 bridgehead atoms. The highest BCUT2D eigenvalue weighted by atomic mass is 19.4. The quantitative estimate of drug-likeness (QED) is 0.148. The van der Waals surface area contributed by atoms with E-state index in [1.807, 2.05) is 24.3 Å². The minimum absolute atomic E-state index is 0.000676. The number of hydrogen-bond donors (Lipinski definition) is 0. The molecule has 84 heavy (non-hydrogen) atoms. The number of alkyl halides is 3. The van der Waals surface area contributed by atoms with Gasteiger partial charge in [0.15, 0.2) is 0 Å². The van der Waals surface area contributed by atoms with E-state index >= 15 is 13.2 Å². The number of rotatable bonds is 7. The summed E-state index contributed by atoms with van der Waals surface area (Å²) in [5.41, 5.74) is 6.90. The number of nitriles is 9. The highest BCUT2D eigenvalue weighted by molar-refractivity contribution is 6.14. The Kier molecular flexibility index (Phi) is 12.5. The molecule has 0 saturated carbocycles. The van der Waals surface area contributed by atoms with Crippen LogP contribution in [0.25, 0.3) is 111 Å². The second kappa shape index (κ2) is 20.3. The minimum atomic E-state index is -5.02. The molecule has 12 aromatic rings. The monoisotopic (exact) mass is 1080 g/mol.